The van der Waals surface area contributed by atoms with Crippen LogP contribution in [0.25, 0.3) is 0 Å². The Morgan fingerprint density at radius 1 is 1.14 bits per heavy atom. The molecular weight excluding hydrogens is 262 g/mol. The zero-order valence-electron chi connectivity index (χ0n) is 14.6. The minimum absolute atomic E-state index is 0.0587. The number of hydrogen-bond acceptors (Lipinski definition) is 3. The maximum Gasteiger partial charge on any atom is 0.309 e. The van der Waals surface area contributed by atoms with Crippen LogP contribution < -0.4 is 0 Å². The van der Waals surface area contributed by atoms with Crippen LogP contribution in [0.15, 0.2) is 0 Å². The molecule has 1 aliphatic carbocycles. The molecule has 0 saturated heterocycles. The first kappa shape index (κ1) is 18.5. The van der Waals surface area contributed by atoms with Crippen LogP contribution in [0.1, 0.15) is 66.2 Å². The normalized spacial score (nSPS) is 19.5. The molecule has 21 heavy (non-hydrogen) atoms. The molecule has 0 bridgehead atoms. The maximum atomic E-state index is 12.6. The minimum Gasteiger partial charge on any atom is -0.464 e. The lowest BCUT2D eigenvalue weighted by Gasteiger charge is -2.32. The second-order valence-corrected chi connectivity index (χ2v) is 6.50. The van der Waals surface area contributed by atoms with E-state index in [2.05, 4.69) is 32.6 Å². The summed E-state index contributed by atoms with van der Waals surface area (Å²) in [5.74, 6) is 1.17. The van der Waals surface area contributed by atoms with Gasteiger partial charge in [0.2, 0.25) is 0 Å². The molecule has 0 aromatic heterocycles. The molecule has 0 radical (unpaired) electrons. The highest BCUT2D eigenvalue weighted by molar-refractivity contribution is 5.73. The van der Waals surface area contributed by atoms with E-state index in [0.29, 0.717) is 18.4 Å². The van der Waals surface area contributed by atoms with Gasteiger partial charge in [-0.05, 0) is 37.8 Å². The van der Waals surface area contributed by atoms with Gasteiger partial charge in [0, 0.05) is 6.54 Å². The summed E-state index contributed by atoms with van der Waals surface area (Å²) in [4.78, 5) is 14.9. The molecule has 0 spiro atoms. The molecule has 3 nitrogen and oxygen atoms in total. The Kier molecular flexibility index (Phi) is 8.98. The minimum atomic E-state index is 0.0587. The molecule has 1 rings (SSSR count). The SMILES string of the molecule is CC[C@@H](C)[C@@H](C(=O)OCCN(CC)CC)C1CCCCC1. The first-order valence-electron chi connectivity index (χ1n) is 9.02. The Bertz CT molecular complexity index is 283. The third-order valence-electron chi connectivity index (χ3n) is 5.23. The van der Waals surface area contributed by atoms with Crippen LogP contribution in [-0.2, 0) is 9.53 Å². The van der Waals surface area contributed by atoms with Gasteiger partial charge in [0.25, 0.3) is 0 Å². The number of carbonyl (C=O) groups is 1. The lowest BCUT2D eigenvalue weighted by Crippen LogP contribution is -2.34. The average molecular weight is 297 g/mol. The van der Waals surface area contributed by atoms with Crippen LogP contribution in [-0.4, -0.2) is 37.1 Å². The fraction of sp³-hybridized carbons (Fsp3) is 0.944. The Balaban J connectivity index is 2.51. The van der Waals surface area contributed by atoms with Crippen molar-refractivity contribution in [3.63, 3.8) is 0 Å². The fourth-order valence-corrected chi connectivity index (χ4v) is 3.55. The summed E-state index contributed by atoms with van der Waals surface area (Å²) in [7, 11) is 0. The molecule has 124 valence electrons. The van der Waals surface area contributed by atoms with E-state index in [4.69, 9.17) is 4.74 Å². The van der Waals surface area contributed by atoms with Crippen molar-refractivity contribution in [3.8, 4) is 0 Å². The van der Waals surface area contributed by atoms with Crippen molar-refractivity contribution in [3.05, 3.63) is 0 Å². The van der Waals surface area contributed by atoms with Gasteiger partial charge in [0.1, 0.15) is 6.61 Å². The Labute approximate surface area is 131 Å². The van der Waals surface area contributed by atoms with Gasteiger partial charge in [0.15, 0.2) is 0 Å². The van der Waals surface area contributed by atoms with Gasteiger partial charge < -0.3 is 9.64 Å². The van der Waals surface area contributed by atoms with Crippen LogP contribution in [0.5, 0.6) is 0 Å². The van der Waals surface area contributed by atoms with Crippen molar-refractivity contribution in [2.75, 3.05) is 26.2 Å². The van der Waals surface area contributed by atoms with Crippen LogP contribution in [0.3, 0.4) is 0 Å². The van der Waals surface area contributed by atoms with E-state index in [1.54, 1.807) is 0 Å². The van der Waals surface area contributed by atoms with E-state index < -0.39 is 0 Å². The van der Waals surface area contributed by atoms with E-state index in [-0.39, 0.29) is 11.9 Å². The third-order valence-corrected chi connectivity index (χ3v) is 5.23. The molecule has 1 fully saturated rings. The van der Waals surface area contributed by atoms with Crippen LogP contribution in [0.4, 0.5) is 0 Å². The molecular formula is C18H35NO2. The van der Waals surface area contributed by atoms with Crippen molar-refractivity contribution in [1.82, 2.24) is 4.90 Å². The molecule has 3 heteroatoms. The molecule has 1 saturated carbocycles. The van der Waals surface area contributed by atoms with Crippen LogP contribution in [0, 0.1) is 17.8 Å². The van der Waals surface area contributed by atoms with Crippen molar-refractivity contribution in [2.24, 2.45) is 17.8 Å². The molecule has 0 heterocycles. The number of esters is 1. The summed E-state index contributed by atoms with van der Waals surface area (Å²) in [6, 6.07) is 0. The highest BCUT2D eigenvalue weighted by Crippen LogP contribution is 2.35. The highest BCUT2D eigenvalue weighted by atomic mass is 16.5. The molecule has 0 aromatic carbocycles. The second-order valence-electron chi connectivity index (χ2n) is 6.50. The van der Waals surface area contributed by atoms with Gasteiger partial charge in [-0.1, -0.05) is 53.4 Å². The number of nitrogens with zero attached hydrogens (tertiary/aromatic N) is 1. The topological polar surface area (TPSA) is 29.5 Å². The summed E-state index contributed by atoms with van der Waals surface area (Å²) in [5, 5.41) is 0. The van der Waals surface area contributed by atoms with E-state index in [0.717, 1.165) is 26.1 Å². The number of rotatable bonds is 9. The summed E-state index contributed by atoms with van der Waals surface area (Å²) < 4.78 is 5.63. The molecule has 0 aromatic rings. The van der Waals surface area contributed by atoms with Gasteiger partial charge in [-0.3, -0.25) is 4.79 Å². The number of carbonyl (C=O) groups excluding carboxylic acids is 1. The highest BCUT2D eigenvalue weighted by Gasteiger charge is 2.34. The summed E-state index contributed by atoms with van der Waals surface area (Å²) in [6.45, 7) is 12.1. The summed E-state index contributed by atoms with van der Waals surface area (Å²) >= 11 is 0. The first-order valence-corrected chi connectivity index (χ1v) is 9.02. The smallest absolute Gasteiger partial charge is 0.309 e. The summed E-state index contributed by atoms with van der Waals surface area (Å²) in [6.07, 6.45) is 7.38. The second kappa shape index (κ2) is 10.2. The quantitative estimate of drug-likeness (QED) is 0.600. The van der Waals surface area contributed by atoms with Crippen molar-refractivity contribution < 1.29 is 9.53 Å². The number of likely N-dealkylation sites (N-methyl/N-ethyl adjacent to an activating group) is 1. The molecule has 0 N–H and O–H groups in total. The van der Waals surface area contributed by atoms with E-state index in [9.17, 15) is 4.79 Å². The molecule has 0 aliphatic heterocycles. The first-order chi connectivity index (χ1) is 10.1. The largest absolute Gasteiger partial charge is 0.464 e. The molecule has 0 unspecified atom stereocenters. The Morgan fingerprint density at radius 3 is 2.29 bits per heavy atom. The summed E-state index contributed by atoms with van der Waals surface area (Å²) in [5.41, 5.74) is 0. The van der Waals surface area contributed by atoms with Gasteiger partial charge in [-0.2, -0.15) is 0 Å². The van der Waals surface area contributed by atoms with Gasteiger partial charge in [0.05, 0.1) is 5.92 Å². The van der Waals surface area contributed by atoms with Crippen LogP contribution in [0.2, 0.25) is 0 Å². The van der Waals surface area contributed by atoms with Gasteiger partial charge in [-0.15, -0.1) is 0 Å². The molecule has 2 atom stereocenters. The van der Waals surface area contributed by atoms with Gasteiger partial charge >= 0.3 is 5.97 Å². The third kappa shape index (κ3) is 5.98. The Morgan fingerprint density at radius 2 is 1.76 bits per heavy atom. The lowest BCUT2D eigenvalue weighted by molar-refractivity contribution is -0.153. The standard InChI is InChI=1S/C18H35NO2/c1-5-15(4)17(16-11-9-8-10-12-16)18(20)21-14-13-19(6-2)7-3/h15-17H,5-14H2,1-4H3/t15-,17-/m1/s1. The van der Waals surface area contributed by atoms with Crippen molar-refractivity contribution in [2.45, 2.75) is 66.2 Å². The average Bonchev–Trinajstić information content (AvgIpc) is 2.52. The monoisotopic (exact) mass is 297 g/mol. The fourth-order valence-electron chi connectivity index (χ4n) is 3.55. The number of ether oxygens (including phenoxy) is 1. The van der Waals surface area contributed by atoms with Gasteiger partial charge in [-0.25, -0.2) is 0 Å². The lowest BCUT2D eigenvalue weighted by atomic mass is 9.74. The molecule has 0 amide bonds. The maximum absolute atomic E-state index is 12.6. The zero-order valence-corrected chi connectivity index (χ0v) is 14.6. The Hall–Kier alpha value is -0.570. The molecule has 1 aliphatic rings. The van der Waals surface area contributed by atoms with E-state index >= 15 is 0 Å². The van der Waals surface area contributed by atoms with Crippen molar-refractivity contribution in [1.29, 1.82) is 0 Å². The predicted octanol–water partition coefficient (Wildman–Crippen LogP) is 4.11. The predicted molar refractivity (Wildman–Crippen MR) is 88.3 cm³/mol. The van der Waals surface area contributed by atoms with E-state index in [1.807, 2.05) is 0 Å². The zero-order chi connectivity index (χ0) is 15.7. The van der Waals surface area contributed by atoms with Crippen LogP contribution >= 0.6 is 0 Å². The van der Waals surface area contributed by atoms with E-state index in [1.165, 1.54) is 32.1 Å². The van der Waals surface area contributed by atoms with Crippen molar-refractivity contribution >= 4 is 5.97 Å². The number of hydrogen-bond donors (Lipinski definition) is 0.